The maximum Gasteiger partial charge on any atom is 0.262 e. The molecule has 0 aliphatic heterocycles. The topological polar surface area (TPSA) is 80.0 Å². The van der Waals surface area contributed by atoms with E-state index in [1.807, 2.05) is 0 Å². The summed E-state index contributed by atoms with van der Waals surface area (Å²) in [6, 6.07) is 14.2. The molecule has 8 heteroatoms. The molecule has 31 heavy (non-hydrogen) atoms. The molecule has 2 aromatic heterocycles. The first-order valence-corrected chi connectivity index (χ1v) is 9.87. The minimum Gasteiger partial charge on any atom is -0.459 e. The quantitative estimate of drug-likeness (QED) is 0.343. The molecule has 2 aromatic carbocycles. The van der Waals surface area contributed by atoms with Gasteiger partial charge in [0.2, 0.25) is 0 Å². The van der Waals surface area contributed by atoms with Gasteiger partial charge in [-0.15, -0.1) is 6.58 Å². The Hall–Kier alpha value is -3.78. The Labute approximate surface area is 181 Å². The number of amides is 1. The molecule has 0 atom stereocenters. The zero-order chi connectivity index (χ0) is 22.0. The van der Waals surface area contributed by atoms with Crippen LogP contribution in [0.1, 0.15) is 16.1 Å². The Bertz CT molecular complexity index is 1400. The molecular formula is C23H18FN3O3S. The highest BCUT2D eigenvalue weighted by atomic mass is 32.1. The van der Waals surface area contributed by atoms with Crippen molar-refractivity contribution in [3.63, 3.8) is 0 Å². The number of fused-ring (bicyclic) bond motifs is 1. The fourth-order valence-electron chi connectivity index (χ4n) is 3.20. The third kappa shape index (κ3) is 4.24. The zero-order valence-corrected chi connectivity index (χ0v) is 17.2. The second kappa shape index (κ2) is 8.53. The van der Waals surface area contributed by atoms with Gasteiger partial charge in [0.05, 0.1) is 17.4 Å². The van der Waals surface area contributed by atoms with Gasteiger partial charge in [0.1, 0.15) is 17.3 Å². The molecule has 0 unspecified atom stereocenters. The van der Waals surface area contributed by atoms with Crippen molar-refractivity contribution in [2.24, 2.45) is 0 Å². The maximum absolute atomic E-state index is 13.1. The first-order valence-electron chi connectivity index (χ1n) is 9.47. The smallest absolute Gasteiger partial charge is 0.262 e. The predicted molar refractivity (Wildman–Crippen MR) is 119 cm³/mol. The van der Waals surface area contributed by atoms with Crippen LogP contribution in [0.2, 0.25) is 0 Å². The van der Waals surface area contributed by atoms with Crippen LogP contribution in [-0.4, -0.2) is 15.5 Å². The van der Waals surface area contributed by atoms with Crippen LogP contribution in [0.5, 0.6) is 0 Å². The standard InChI is InChI=1S/C23H18FN3O3S/c1-2-11-27-22(29)18-9-5-15(12-19(18)26-23(27)31)21(28)25-13-17-8-10-20(30-17)14-3-6-16(24)7-4-14/h2-10,12H,1,11,13H2,(H,25,28)(H,26,31). The number of hydrogen-bond donors (Lipinski definition) is 2. The molecule has 0 saturated heterocycles. The van der Waals surface area contributed by atoms with Gasteiger partial charge in [-0.05, 0) is 66.8 Å². The number of H-pyrrole nitrogens is 1. The number of aromatic amines is 1. The molecule has 4 aromatic rings. The van der Waals surface area contributed by atoms with Crippen molar-refractivity contribution in [1.29, 1.82) is 0 Å². The van der Waals surface area contributed by atoms with E-state index in [2.05, 4.69) is 16.9 Å². The summed E-state index contributed by atoms with van der Waals surface area (Å²) in [5.41, 5.74) is 1.37. The van der Waals surface area contributed by atoms with Gasteiger partial charge >= 0.3 is 0 Å². The third-order valence-corrected chi connectivity index (χ3v) is 5.09. The molecule has 1 amide bonds. The molecular weight excluding hydrogens is 417 g/mol. The summed E-state index contributed by atoms with van der Waals surface area (Å²) < 4.78 is 20.5. The average molecular weight is 435 g/mol. The van der Waals surface area contributed by atoms with Crippen molar-refractivity contribution in [1.82, 2.24) is 14.9 Å². The molecule has 0 fully saturated rings. The van der Waals surface area contributed by atoms with Crippen molar-refractivity contribution in [2.75, 3.05) is 0 Å². The molecule has 0 spiro atoms. The number of nitrogens with zero attached hydrogens (tertiary/aromatic N) is 1. The lowest BCUT2D eigenvalue weighted by atomic mass is 10.1. The Morgan fingerprint density at radius 1 is 1.19 bits per heavy atom. The normalized spacial score (nSPS) is 10.9. The van der Waals surface area contributed by atoms with Crippen molar-refractivity contribution in [3.8, 4) is 11.3 Å². The van der Waals surface area contributed by atoms with Gasteiger partial charge in [0.15, 0.2) is 4.77 Å². The molecule has 6 nitrogen and oxygen atoms in total. The number of furan rings is 1. The highest BCUT2D eigenvalue weighted by molar-refractivity contribution is 7.71. The highest BCUT2D eigenvalue weighted by Crippen LogP contribution is 2.22. The summed E-state index contributed by atoms with van der Waals surface area (Å²) in [4.78, 5) is 28.1. The first kappa shape index (κ1) is 20.5. The van der Waals surface area contributed by atoms with Crippen LogP contribution in [-0.2, 0) is 13.1 Å². The lowest BCUT2D eigenvalue weighted by molar-refractivity contribution is 0.0948. The van der Waals surface area contributed by atoms with Crippen LogP contribution < -0.4 is 10.9 Å². The second-order valence-corrected chi connectivity index (χ2v) is 7.24. The van der Waals surface area contributed by atoms with Crippen LogP contribution in [0, 0.1) is 10.6 Å². The van der Waals surface area contributed by atoms with E-state index in [4.69, 9.17) is 16.6 Å². The van der Waals surface area contributed by atoms with Gasteiger partial charge in [0, 0.05) is 17.7 Å². The maximum atomic E-state index is 13.1. The van der Waals surface area contributed by atoms with E-state index >= 15 is 0 Å². The molecule has 0 aliphatic rings. The monoisotopic (exact) mass is 435 g/mol. The number of aromatic nitrogens is 2. The number of benzene rings is 2. The summed E-state index contributed by atoms with van der Waals surface area (Å²) in [5.74, 6) is 0.493. The Kier molecular flexibility index (Phi) is 5.64. The third-order valence-electron chi connectivity index (χ3n) is 4.77. The molecule has 2 heterocycles. The fourth-order valence-corrected chi connectivity index (χ4v) is 3.47. The summed E-state index contributed by atoms with van der Waals surface area (Å²) >= 11 is 5.23. The summed E-state index contributed by atoms with van der Waals surface area (Å²) in [6.07, 6.45) is 1.59. The number of nitrogens with one attached hydrogen (secondary N) is 2. The van der Waals surface area contributed by atoms with Crippen LogP contribution >= 0.6 is 12.2 Å². The SMILES string of the molecule is C=CCn1c(=S)[nH]c2cc(C(=O)NCc3ccc(-c4ccc(F)cc4)o3)ccc2c1=O. The molecule has 156 valence electrons. The van der Waals surface area contributed by atoms with Crippen molar-refractivity contribution >= 4 is 29.0 Å². The van der Waals surface area contributed by atoms with Gasteiger partial charge in [-0.2, -0.15) is 0 Å². The van der Waals surface area contributed by atoms with Crippen LogP contribution in [0.4, 0.5) is 4.39 Å². The van der Waals surface area contributed by atoms with Gasteiger partial charge in [-0.3, -0.25) is 14.2 Å². The molecule has 0 bridgehead atoms. The van der Waals surface area contributed by atoms with E-state index in [-0.39, 0.29) is 28.6 Å². The van der Waals surface area contributed by atoms with E-state index in [1.54, 1.807) is 48.5 Å². The van der Waals surface area contributed by atoms with Gasteiger partial charge in [-0.25, -0.2) is 4.39 Å². The number of carbonyl (C=O) groups excluding carboxylic acids is 1. The molecule has 2 N–H and O–H groups in total. The second-order valence-electron chi connectivity index (χ2n) is 6.85. The van der Waals surface area contributed by atoms with E-state index in [0.29, 0.717) is 34.5 Å². The van der Waals surface area contributed by atoms with E-state index in [9.17, 15) is 14.0 Å². The minimum atomic E-state index is -0.323. The average Bonchev–Trinajstić information content (AvgIpc) is 3.24. The zero-order valence-electron chi connectivity index (χ0n) is 16.4. The first-order chi connectivity index (χ1) is 15.0. The summed E-state index contributed by atoms with van der Waals surface area (Å²) in [5, 5.41) is 3.22. The lowest BCUT2D eigenvalue weighted by Crippen LogP contribution is -2.24. The van der Waals surface area contributed by atoms with Gasteiger partial charge in [-0.1, -0.05) is 6.08 Å². The van der Waals surface area contributed by atoms with E-state index < -0.39 is 0 Å². The van der Waals surface area contributed by atoms with Crippen molar-refractivity contribution < 1.29 is 13.6 Å². The number of allylic oxidation sites excluding steroid dienone is 1. The lowest BCUT2D eigenvalue weighted by Gasteiger charge is -2.08. The van der Waals surface area contributed by atoms with Crippen LogP contribution in [0.3, 0.4) is 0 Å². The van der Waals surface area contributed by atoms with Crippen LogP contribution in [0.25, 0.3) is 22.2 Å². The molecule has 0 saturated carbocycles. The molecule has 0 radical (unpaired) electrons. The minimum absolute atomic E-state index is 0.176. The van der Waals surface area contributed by atoms with Crippen molar-refractivity contribution in [2.45, 2.75) is 13.1 Å². The summed E-state index contributed by atoms with van der Waals surface area (Å²) in [7, 11) is 0. The highest BCUT2D eigenvalue weighted by Gasteiger charge is 2.11. The molecule has 0 aliphatic carbocycles. The number of halogens is 1. The Morgan fingerprint density at radius 3 is 2.71 bits per heavy atom. The molecule has 4 rings (SSSR count). The van der Waals surface area contributed by atoms with Gasteiger partial charge < -0.3 is 14.7 Å². The number of rotatable bonds is 6. The largest absolute Gasteiger partial charge is 0.459 e. The summed E-state index contributed by atoms with van der Waals surface area (Å²) in [6.45, 7) is 4.10. The van der Waals surface area contributed by atoms with Gasteiger partial charge in [0.25, 0.3) is 11.5 Å². The Balaban J connectivity index is 1.50. The van der Waals surface area contributed by atoms with E-state index in [1.165, 1.54) is 16.7 Å². The number of hydrogen-bond acceptors (Lipinski definition) is 4. The Morgan fingerprint density at radius 2 is 1.97 bits per heavy atom. The van der Waals surface area contributed by atoms with Crippen LogP contribution in [0.15, 0.2) is 76.5 Å². The predicted octanol–water partition coefficient (Wildman–Crippen LogP) is 4.57. The van der Waals surface area contributed by atoms with Crippen molar-refractivity contribution in [3.05, 3.63) is 99.5 Å². The van der Waals surface area contributed by atoms with E-state index in [0.717, 1.165) is 5.56 Å². The fraction of sp³-hybridized carbons (Fsp3) is 0.0870. The number of carbonyl (C=O) groups is 1.